The maximum absolute atomic E-state index is 5.53. The van der Waals surface area contributed by atoms with Crippen LogP contribution in [0.15, 0.2) is 188 Å². The highest BCUT2D eigenvalue weighted by Gasteiger charge is 2.22. The minimum absolute atomic E-state index is 0.702. The summed E-state index contributed by atoms with van der Waals surface area (Å²) in [5.74, 6) is 1.57. The van der Waals surface area contributed by atoms with Gasteiger partial charge in [-0.05, 0) is 80.2 Å². The zero-order valence-corrected chi connectivity index (χ0v) is 31.0. The second kappa shape index (κ2) is 12.2. The Hall–Kier alpha value is -7.14. The first-order valence-corrected chi connectivity index (χ1v) is 19.8. The zero-order chi connectivity index (χ0) is 36.7. The van der Waals surface area contributed by atoms with Crippen molar-refractivity contribution in [1.82, 2.24) is 14.5 Å². The van der Waals surface area contributed by atoms with Gasteiger partial charge in [-0.2, -0.15) is 0 Å². The fourth-order valence-corrected chi connectivity index (χ4v) is 10.0. The van der Waals surface area contributed by atoms with Crippen LogP contribution in [0.1, 0.15) is 0 Å². The minimum atomic E-state index is 0.702. The van der Waals surface area contributed by atoms with Crippen molar-refractivity contribution < 1.29 is 0 Å². The number of hydrogen-bond acceptors (Lipinski definition) is 3. The molecule has 12 rings (SSSR count). The molecule has 0 N–H and O–H groups in total. The molecule has 0 bridgehead atoms. The van der Waals surface area contributed by atoms with E-state index in [2.05, 4.69) is 187 Å². The molecule has 0 spiro atoms. The van der Waals surface area contributed by atoms with Crippen LogP contribution >= 0.6 is 11.3 Å². The van der Waals surface area contributed by atoms with E-state index in [9.17, 15) is 0 Å². The maximum atomic E-state index is 5.53. The van der Waals surface area contributed by atoms with E-state index < -0.39 is 0 Å². The van der Waals surface area contributed by atoms with Crippen molar-refractivity contribution in [1.29, 1.82) is 0 Å². The minimum Gasteiger partial charge on any atom is -0.293 e. The van der Waals surface area contributed by atoms with Crippen molar-refractivity contribution in [3.05, 3.63) is 188 Å². The number of fused-ring (bicyclic) bond motifs is 9. The standard InChI is InChI=1S/C52H31N3S/c1-2-14-33(15-3-1)51-53-45-28-27-36(38-21-11-24-42-40-20-8-9-26-48(40)56-50(38)42)30-43(45)52(54-51)55-46-25-12-23-41(39-22-10-18-32-13-6-7-19-37(32)39)49(46)44-29-34-16-4-5-17-35(34)31-47(44)55/h1-31H. The summed E-state index contributed by atoms with van der Waals surface area (Å²) in [5, 5.41) is 10.9. The Morgan fingerprint density at radius 2 is 1.07 bits per heavy atom. The molecule has 0 fully saturated rings. The predicted molar refractivity (Wildman–Crippen MR) is 238 cm³/mol. The normalized spacial score (nSPS) is 11.9. The van der Waals surface area contributed by atoms with Crippen molar-refractivity contribution in [2.75, 3.05) is 0 Å². The smallest absolute Gasteiger partial charge is 0.162 e. The lowest BCUT2D eigenvalue weighted by Crippen LogP contribution is -2.03. The number of hydrogen-bond donors (Lipinski definition) is 0. The fourth-order valence-electron chi connectivity index (χ4n) is 8.81. The lowest BCUT2D eigenvalue weighted by atomic mass is 9.94. The van der Waals surface area contributed by atoms with Crippen molar-refractivity contribution >= 4 is 85.8 Å². The lowest BCUT2D eigenvalue weighted by Gasteiger charge is -2.15. The Kier molecular flexibility index (Phi) is 6.80. The van der Waals surface area contributed by atoms with Gasteiger partial charge in [0.2, 0.25) is 0 Å². The van der Waals surface area contributed by atoms with Gasteiger partial charge in [0, 0.05) is 41.9 Å². The first-order chi connectivity index (χ1) is 27.8. The number of rotatable bonds is 4. The van der Waals surface area contributed by atoms with E-state index in [1.165, 1.54) is 69.2 Å². The van der Waals surface area contributed by atoms with Crippen molar-refractivity contribution in [3.63, 3.8) is 0 Å². The van der Waals surface area contributed by atoms with Crippen LogP contribution in [0, 0.1) is 0 Å². The van der Waals surface area contributed by atoms with E-state index in [1.54, 1.807) is 0 Å². The fraction of sp³-hybridized carbons (Fsp3) is 0. The molecule has 9 aromatic carbocycles. The second-order valence-electron chi connectivity index (χ2n) is 14.5. The van der Waals surface area contributed by atoms with Crippen LogP contribution in [0.4, 0.5) is 0 Å². The zero-order valence-electron chi connectivity index (χ0n) is 30.1. The number of benzene rings is 9. The Bertz CT molecular complexity index is 3540. The van der Waals surface area contributed by atoms with Gasteiger partial charge in [-0.15, -0.1) is 11.3 Å². The highest BCUT2D eigenvalue weighted by Crippen LogP contribution is 2.44. The highest BCUT2D eigenvalue weighted by molar-refractivity contribution is 7.26. The molecule has 12 aromatic rings. The molecule has 3 nitrogen and oxygen atoms in total. The van der Waals surface area contributed by atoms with Gasteiger partial charge in [0.1, 0.15) is 5.82 Å². The van der Waals surface area contributed by atoms with Crippen molar-refractivity contribution in [2.24, 2.45) is 0 Å². The summed E-state index contributed by atoms with van der Waals surface area (Å²) in [6.07, 6.45) is 0. The summed E-state index contributed by atoms with van der Waals surface area (Å²) in [5.41, 5.74) is 8.90. The number of thiophene rings is 1. The van der Waals surface area contributed by atoms with E-state index in [4.69, 9.17) is 9.97 Å². The molecule has 0 saturated carbocycles. The molecular weight excluding hydrogens is 699 g/mol. The Morgan fingerprint density at radius 3 is 1.96 bits per heavy atom. The van der Waals surface area contributed by atoms with Crippen LogP contribution < -0.4 is 0 Å². The van der Waals surface area contributed by atoms with Crippen LogP contribution in [0.5, 0.6) is 0 Å². The Balaban J connectivity index is 1.21. The molecule has 260 valence electrons. The summed E-state index contributed by atoms with van der Waals surface area (Å²) in [6.45, 7) is 0. The lowest BCUT2D eigenvalue weighted by molar-refractivity contribution is 1.08. The van der Waals surface area contributed by atoms with E-state index in [0.29, 0.717) is 5.82 Å². The molecule has 0 aliphatic carbocycles. The Morgan fingerprint density at radius 1 is 0.393 bits per heavy atom. The van der Waals surface area contributed by atoms with E-state index in [1.807, 2.05) is 17.4 Å². The van der Waals surface area contributed by atoms with Gasteiger partial charge >= 0.3 is 0 Å². The SMILES string of the molecule is c1ccc(-c2nc(-n3c4cc5ccccc5cc4c4c(-c5cccc6ccccc56)cccc43)c3cc(-c4cccc5c4sc4ccccc45)ccc3n2)cc1. The van der Waals surface area contributed by atoms with E-state index >= 15 is 0 Å². The molecule has 0 radical (unpaired) electrons. The van der Waals surface area contributed by atoms with Crippen LogP contribution in [-0.2, 0) is 0 Å². The predicted octanol–water partition coefficient (Wildman–Crippen LogP) is 14.4. The average molecular weight is 730 g/mol. The molecule has 0 aliphatic rings. The van der Waals surface area contributed by atoms with Crippen LogP contribution in [0.25, 0.3) is 114 Å². The summed E-state index contributed by atoms with van der Waals surface area (Å²) in [7, 11) is 0. The van der Waals surface area contributed by atoms with E-state index in [-0.39, 0.29) is 0 Å². The van der Waals surface area contributed by atoms with Gasteiger partial charge in [0.15, 0.2) is 5.82 Å². The molecule has 0 amide bonds. The summed E-state index contributed by atoms with van der Waals surface area (Å²) < 4.78 is 4.98. The molecule has 4 heteroatoms. The largest absolute Gasteiger partial charge is 0.293 e. The molecule has 0 saturated heterocycles. The summed E-state index contributed by atoms with van der Waals surface area (Å²) in [6, 6.07) is 67.9. The second-order valence-corrected chi connectivity index (χ2v) is 15.6. The van der Waals surface area contributed by atoms with Gasteiger partial charge in [-0.3, -0.25) is 4.57 Å². The van der Waals surface area contributed by atoms with Gasteiger partial charge in [0.05, 0.1) is 16.6 Å². The van der Waals surface area contributed by atoms with E-state index in [0.717, 1.165) is 38.9 Å². The van der Waals surface area contributed by atoms with Gasteiger partial charge in [-0.25, -0.2) is 9.97 Å². The maximum Gasteiger partial charge on any atom is 0.162 e. The third-order valence-electron chi connectivity index (χ3n) is 11.4. The van der Waals surface area contributed by atoms with Crippen molar-refractivity contribution in [2.45, 2.75) is 0 Å². The van der Waals surface area contributed by atoms with Crippen molar-refractivity contribution in [3.8, 4) is 39.5 Å². The first-order valence-electron chi connectivity index (χ1n) is 19.0. The molecule has 3 aromatic heterocycles. The Labute approximate surface area is 326 Å². The summed E-state index contributed by atoms with van der Waals surface area (Å²) in [4.78, 5) is 10.8. The van der Waals surface area contributed by atoms with Gasteiger partial charge < -0.3 is 0 Å². The van der Waals surface area contributed by atoms with Gasteiger partial charge in [-0.1, -0.05) is 152 Å². The van der Waals surface area contributed by atoms with Gasteiger partial charge in [0.25, 0.3) is 0 Å². The summed E-state index contributed by atoms with van der Waals surface area (Å²) >= 11 is 1.86. The average Bonchev–Trinajstić information content (AvgIpc) is 3.80. The molecular formula is C52H31N3S. The third kappa shape index (κ3) is 4.70. The molecule has 0 atom stereocenters. The first kappa shape index (κ1) is 31.2. The molecule has 3 heterocycles. The quantitative estimate of drug-likeness (QED) is 0.181. The highest BCUT2D eigenvalue weighted by atomic mass is 32.1. The molecule has 56 heavy (non-hydrogen) atoms. The van der Waals surface area contributed by atoms with Crippen LogP contribution in [-0.4, -0.2) is 14.5 Å². The topological polar surface area (TPSA) is 30.7 Å². The number of aromatic nitrogens is 3. The van der Waals surface area contributed by atoms with Crippen LogP contribution in [0.2, 0.25) is 0 Å². The molecule has 0 unspecified atom stereocenters. The van der Waals surface area contributed by atoms with Crippen LogP contribution in [0.3, 0.4) is 0 Å². The monoisotopic (exact) mass is 729 g/mol. The third-order valence-corrected chi connectivity index (χ3v) is 12.6. The number of nitrogens with zero attached hydrogens (tertiary/aromatic N) is 3. The molecule has 0 aliphatic heterocycles.